The van der Waals surface area contributed by atoms with Crippen molar-refractivity contribution in [3.63, 3.8) is 0 Å². The van der Waals surface area contributed by atoms with Gasteiger partial charge in [-0.1, -0.05) is 160 Å². The molecule has 0 fully saturated rings. The van der Waals surface area contributed by atoms with Gasteiger partial charge in [0.05, 0.1) is 37.8 Å². The Morgan fingerprint density at radius 1 is 0.524 bits per heavy atom. The number of nitrogens with zero attached hydrogens (tertiary/aromatic N) is 1. The van der Waals surface area contributed by atoms with Crippen LogP contribution in [0.2, 0.25) is 0 Å². The SMILES string of the molecule is CCCCC(CC)COc1c2cc(-c3sc(-c4ccccc4)c4c5c(sc34)C(=O)N(CC(CC)CCCC)C5=O)sc2c(OCC(CC)CCCC)c2cc(-c3ccccc3)sc12. The van der Waals surface area contributed by atoms with E-state index in [2.05, 4.69) is 108 Å². The maximum Gasteiger partial charge on any atom is 0.271 e. The first-order chi connectivity index (χ1) is 30.8. The molecule has 1 aliphatic heterocycles. The molecule has 2 amide bonds. The summed E-state index contributed by atoms with van der Waals surface area (Å²) in [5, 5.41) is 3.11. The number of amides is 2. The molecule has 3 atom stereocenters. The first kappa shape index (κ1) is 45.5. The van der Waals surface area contributed by atoms with Crippen LogP contribution < -0.4 is 9.47 Å². The van der Waals surface area contributed by atoms with Gasteiger partial charge in [0.15, 0.2) is 0 Å². The highest BCUT2D eigenvalue weighted by Crippen LogP contribution is 2.57. The molecular weight excluding hydrogens is 855 g/mol. The van der Waals surface area contributed by atoms with E-state index in [0.717, 1.165) is 113 Å². The number of imide groups is 1. The van der Waals surface area contributed by atoms with Crippen LogP contribution in [0.1, 0.15) is 139 Å². The van der Waals surface area contributed by atoms with Crippen molar-refractivity contribution in [3.05, 3.63) is 83.2 Å². The third-order valence-electron chi connectivity index (χ3n) is 13.1. The number of hydrogen-bond donors (Lipinski definition) is 0. The molecule has 0 saturated heterocycles. The van der Waals surface area contributed by atoms with E-state index in [1.54, 1.807) is 38.9 Å². The largest absolute Gasteiger partial charge is 0.491 e. The zero-order chi connectivity index (χ0) is 44.0. The summed E-state index contributed by atoms with van der Waals surface area (Å²) < 4.78 is 17.5. The molecule has 3 unspecified atom stereocenters. The lowest BCUT2D eigenvalue weighted by atomic mass is 9.99. The molecule has 9 heteroatoms. The van der Waals surface area contributed by atoms with Gasteiger partial charge in [0, 0.05) is 37.3 Å². The molecule has 0 N–H and O–H groups in total. The summed E-state index contributed by atoms with van der Waals surface area (Å²) in [6.07, 6.45) is 13.4. The van der Waals surface area contributed by atoms with Crippen molar-refractivity contribution in [3.8, 4) is 42.1 Å². The van der Waals surface area contributed by atoms with E-state index in [1.807, 2.05) is 6.07 Å². The lowest BCUT2D eigenvalue weighted by Crippen LogP contribution is -2.34. The molecule has 5 heterocycles. The Hall–Kier alpha value is -4.02. The van der Waals surface area contributed by atoms with Gasteiger partial charge < -0.3 is 9.47 Å². The van der Waals surface area contributed by atoms with Crippen molar-refractivity contribution in [2.45, 2.75) is 119 Å². The predicted molar refractivity (Wildman–Crippen MR) is 273 cm³/mol. The fourth-order valence-electron chi connectivity index (χ4n) is 9.05. The highest BCUT2D eigenvalue weighted by atomic mass is 32.1. The molecule has 0 aliphatic carbocycles. The minimum absolute atomic E-state index is 0.139. The monoisotopic (exact) mass is 917 g/mol. The topological polar surface area (TPSA) is 55.8 Å². The summed E-state index contributed by atoms with van der Waals surface area (Å²) in [5.41, 5.74) is 2.84. The zero-order valence-electron chi connectivity index (χ0n) is 38.0. The quantitative estimate of drug-likeness (QED) is 0.0600. The van der Waals surface area contributed by atoms with Crippen molar-refractivity contribution in [1.82, 2.24) is 4.90 Å². The first-order valence-corrected chi connectivity index (χ1v) is 26.9. The molecule has 0 bridgehead atoms. The van der Waals surface area contributed by atoms with E-state index in [0.29, 0.717) is 48.0 Å². The first-order valence-electron chi connectivity index (χ1n) is 23.7. The summed E-state index contributed by atoms with van der Waals surface area (Å²) in [4.78, 5) is 35.4. The van der Waals surface area contributed by atoms with Crippen LogP contribution in [0, 0.1) is 17.8 Å². The van der Waals surface area contributed by atoms with Crippen molar-refractivity contribution in [2.24, 2.45) is 17.8 Å². The van der Waals surface area contributed by atoms with Gasteiger partial charge in [-0.15, -0.1) is 45.3 Å². The lowest BCUT2D eigenvalue weighted by molar-refractivity contribution is 0.0626. The summed E-state index contributed by atoms with van der Waals surface area (Å²) in [5.74, 6) is 2.83. The number of carbonyl (C=O) groups is 2. The maximum atomic E-state index is 14.5. The van der Waals surface area contributed by atoms with Crippen LogP contribution in [0.5, 0.6) is 11.5 Å². The summed E-state index contributed by atoms with van der Waals surface area (Å²) in [6.45, 7) is 15.3. The van der Waals surface area contributed by atoms with Gasteiger partial charge in [0.2, 0.25) is 0 Å². The highest BCUT2D eigenvalue weighted by Gasteiger charge is 2.42. The van der Waals surface area contributed by atoms with Crippen LogP contribution in [0.25, 0.3) is 60.9 Å². The van der Waals surface area contributed by atoms with E-state index < -0.39 is 0 Å². The number of unbranched alkanes of at least 4 members (excludes halogenated alkanes) is 3. The predicted octanol–water partition coefficient (Wildman–Crippen LogP) is 17.4. The fourth-order valence-corrected chi connectivity index (χ4v) is 14.3. The van der Waals surface area contributed by atoms with Crippen LogP contribution in [0.3, 0.4) is 0 Å². The number of thiophene rings is 4. The van der Waals surface area contributed by atoms with Gasteiger partial charge in [-0.05, 0) is 60.3 Å². The van der Waals surface area contributed by atoms with E-state index >= 15 is 0 Å². The van der Waals surface area contributed by atoms with E-state index in [-0.39, 0.29) is 11.8 Å². The van der Waals surface area contributed by atoms with Crippen molar-refractivity contribution in [1.29, 1.82) is 0 Å². The molecule has 63 heavy (non-hydrogen) atoms. The summed E-state index contributed by atoms with van der Waals surface area (Å²) in [7, 11) is 0. The number of benzene rings is 3. The molecule has 4 aromatic heterocycles. The van der Waals surface area contributed by atoms with Crippen molar-refractivity contribution < 1.29 is 19.1 Å². The zero-order valence-corrected chi connectivity index (χ0v) is 41.2. The molecule has 3 aromatic carbocycles. The van der Waals surface area contributed by atoms with E-state index in [9.17, 15) is 9.59 Å². The van der Waals surface area contributed by atoms with Crippen LogP contribution in [0.4, 0.5) is 0 Å². The maximum absolute atomic E-state index is 14.5. The van der Waals surface area contributed by atoms with E-state index in [4.69, 9.17) is 9.47 Å². The molecule has 5 nitrogen and oxygen atoms in total. The molecule has 0 radical (unpaired) electrons. The Bertz CT molecular complexity index is 2580. The van der Waals surface area contributed by atoms with Gasteiger partial charge in [0.25, 0.3) is 11.8 Å². The third-order valence-corrected chi connectivity index (χ3v) is 18.2. The number of rotatable bonds is 23. The van der Waals surface area contributed by atoms with E-state index in [1.165, 1.54) is 47.5 Å². The molecule has 332 valence electrons. The molecular formula is C54H63NO4S4. The lowest BCUT2D eigenvalue weighted by Gasteiger charge is -2.21. The third kappa shape index (κ3) is 9.27. The van der Waals surface area contributed by atoms with Crippen molar-refractivity contribution >= 4 is 87.4 Å². The van der Waals surface area contributed by atoms with Crippen LogP contribution in [-0.2, 0) is 0 Å². The standard InChI is InChI=1S/C54H63NO4S4/c1-7-13-22-34(10-4)31-55-53(56)44-43-47(38-27-20-17-21-28-38)62-50(51(43)63-52(44)54(55)57)42-30-40-46(59-33-36(12-6)24-15-9-3)48-39(29-41(60-48)37-25-18-16-19-26-37)45(49(40)61-42)58-32-35(11-5)23-14-8-2/h16-21,25-30,34-36H,7-15,22-24,31-33H2,1-6H3. The average Bonchev–Trinajstić information content (AvgIpc) is 4.15. The Morgan fingerprint density at radius 2 is 1.03 bits per heavy atom. The van der Waals surface area contributed by atoms with Gasteiger partial charge in [-0.3, -0.25) is 14.5 Å². The fraction of sp³-hybridized carbons (Fsp3) is 0.444. The Morgan fingerprint density at radius 3 is 1.57 bits per heavy atom. The summed E-state index contributed by atoms with van der Waals surface area (Å²) in [6, 6.07) is 25.7. The molecule has 0 spiro atoms. The minimum atomic E-state index is -0.142. The number of hydrogen-bond acceptors (Lipinski definition) is 8. The van der Waals surface area contributed by atoms with Gasteiger partial charge >= 0.3 is 0 Å². The molecule has 1 aliphatic rings. The minimum Gasteiger partial charge on any atom is -0.491 e. The second-order valence-corrected chi connectivity index (χ2v) is 21.6. The Kier molecular flexibility index (Phi) is 15.1. The molecule has 8 rings (SSSR count). The molecule has 0 saturated carbocycles. The van der Waals surface area contributed by atoms with Gasteiger partial charge in [0.1, 0.15) is 16.4 Å². The molecule has 7 aromatic rings. The Balaban J connectivity index is 1.32. The summed E-state index contributed by atoms with van der Waals surface area (Å²) >= 11 is 6.81. The van der Waals surface area contributed by atoms with Gasteiger partial charge in [-0.2, -0.15) is 0 Å². The normalized spacial score (nSPS) is 14.3. The van der Waals surface area contributed by atoms with Crippen LogP contribution in [-0.4, -0.2) is 36.5 Å². The van der Waals surface area contributed by atoms with Gasteiger partial charge in [-0.25, -0.2) is 0 Å². The second kappa shape index (κ2) is 20.9. The number of fused-ring (bicyclic) bond motifs is 5. The second-order valence-electron chi connectivity index (χ2n) is 17.5. The highest BCUT2D eigenvalue weighted by molar-refractivity contribution is 7.33. The Labute approximate surface area is 390 Å². The van der Waals surface area contributed by atoms with Crippen LogP contribution >= 0.6 is 45.3 Å². The number of carbonyl (C=O) groups excluding carboxylic acids is 2. The average molecular weight is 918 g/mol. The number of ether oxygens (including phenoxy) is 2. The van der Waals surface area contributed by atoms with Crippen molar-refractivity contribution in [2.75, 3.05) is 19.8 Å². The smallest absolute Gasteiger partial charge is 0.271 e. The van der Waals surface area contributed by atoms with Crippen LogP contribution in [0.15, 0.2) is 72.8 Å².